The minimum atomic E-state index is -0.310. The molecule has 0 aliphatic heterocycles. The molecule has 21 heavy (non-hydrogen) atoms. The Hall–Kier alpha value is -1.74. The molecule has 0 saturated heterocycles. The summed E-state index contributed by atoms with van der Waals surface area (Å²) < 4.78 is 18.2. The SMILES string of the molecule is COc1ccc(C2CC(Nc3ccc(F)cc3Cl)C2)cc1. The van der Waals surface area contributed by atoms with Crippen molar-refractivity contribution in [1.82, 2.24) is 0 Å². The Morgan fingerprint density at radius 3 is 2.48 bits per heavy atom. The fraction of sp³-hybridized carbons (Fsp3) is 0.294. The largest absolute Gasteiger partial charge is 0.497 e. The summed E-state index contributed by atoms with van der Waals surface area (Å²) in [4.78, 5) is 0. The van der Waals surface area contributed by atoms with E-state index < -0.39 is 0 Å². The third-order valence-electron chi connectivity index (χ3n) is 4.02. The molecule has 4 heteroatoms. The summed E-state index contributed by atoms with van der Waals surface area (Å²) in [5.74, 6) is 1.13. The quantitative estimate of drug-likeness (QED) is 0.872. The second-order valence-electron chi connectivity index (χ2n) is 5.41. The van der Waals surface area contributed by atoms with Gasteiger partial charge in [0, 0.05) is 6.04 Å². The summed E-state index contributed by atoms with van der Waals surface area (Å²) in [5.41, 5.74) is 2.13. The fourth-order valence-corrected chi connectivity index (χ4v) is 2.93. The van der Waals surface area contributed by atoms with Crippen LogP contribution in [0.1, 0.15) is 24.3 Å². The van der Waals surface area contributed by atoms with E-state index in [1.165, 1.54) is 17.7 Å². The molecule has 0 amide bonds. The van der Waals surface area contributed by atoms with E-state index in [0.717, 1.165) is 24.3 Å². The first-order chi connectivity index (χ1) is 10.2. The predicted octanol–water partition coefficient (Wildman–Crippen LogP) is 4.85. The van der Waals surface area contributed by atoms with Crippen LogP contribution in [0.15, 0.2) is 42.5 Å². The fourth-order valence-electron chi connectivity index (χ4n) is 2.71. The van der Waals surface area contributed by atoms with Crippen LogP contribution in [0.2, 0.25) is 5.02 Å². The van der Waals surface area contributed by atoms with Crippen molar-refractivity contribution in [3.63, 3.8) is 0 Å². The highest BCUT2D eigenvalue weighted by Gasteiger charge is 2.30. The molecule has 1 fully saturated rings. The molecule has 0 bridgehead atoms. The summed E-state index contributed by atoms with van der Waals surface area (Å²) in [7, 11) is 1.67. The van der Waals surface area contributed by atoms with Crippen LogP contribution < -0.4 is 10.1 Å². The Morgan fingerprint density at radius 1 is 1.14 bits per heavy atom. The van der Waals surface area contributed by atoms with Crippen LogP contribution in [-0.2, 0) is 0 Å². The molecular weight excluding hydrogens is 289 g/mol. The van der Waals surface area contributed by atoms with Gasteiger partial charge in [-0.15, -0.1) is 0 Å². The number of nitrogens with one attached hydrogen (secondary N) is 1. The Morgan fingerprint density at radius 2 is 1.86 bits per heavy atom. The second kappa shape index (κ2) is 5.94. The number of hydrogen-bond acceptors (Lipinski definition) is 2. The summed E-state index contributed by atoms with van der Waals surface area (Å²) in [6.45, 7) is 0. The number of methoxy groups -OCH3 is 1. The van der Waals surface area contributed by atoms with E-state index in [-0.39, 0.29) is 5.82 Å². The van der Waals surface area contributed by atoms with E-state index in [9.17, 15) is 4.39 Å². The minimum absolute atomic E-state index is 0.310. The third kappa shape index (κ3) is 3.13. The summed E-state index contributed by atoms with van der Waals surface area (Å²) in [6.07, 6.45) is 2.11. The molecule has 1 aliphatic carbocycles. The maximum Gasteiger partial charge on any atom is 0.124 e. The number of anilines is 1. The maximum absolute atomic E-state index is 13.0. The molecule has 0 atom stereocenters. The van der Waals surface area contributed by atoms with Gasteiger partial charge in [-0.05, 0) is 54.7 Å². The van der Waals surface area contributed by atoms with E-state index in [2.05, 4.69) is 17.4 Å². The zero-order valence-electron chi connectivity index (χ0n) is 11.8. The van der Waals surface area contributed by atoms with Crippen molar-refractivity contribution in [2.45, 2.75) is 24.8 Å². The van der Waals surface area contributed by atoms with Crippen molar-refractivity contribution in [1.29, 1.82) is 0 Å². The molecule has 2 aromatic carbocycles. The Bertz CT molecular complexity index is 623. The molecular formula is C17H17ClFNO. The molecule has 0 unspecified atom stereocenters. The molecule has 3 rings (SSSR count). The molecule has 0 heterocycles. The number of hydrogen-bond donors (Lipinski definition) is 1. The minimum Gasteiger partial charge on any atom is -0.497 e. The van der Waals surface area contributed by atoms with Gasteiger partial charge >= 0.3 is 0 Å². The van der Waals surface area contributed by atoms with Crippen LogP contribution in [0.5, 0.6) is 5.75 Å². The van der Waals surface area contributed by atoms with Crippen molar-refractivity contribution in [3.05, 3.63) is 58.9 Å². The molecule has 1 saturated carbocycles. The number of halogens is 2. The van der Waals surface area contributed by atoms with Crippen molar-refractivity contribution >= 4 is 17.3 Å². The van der Waals surface area contributed by atoms with Gasteiger partial charge in [0.05, 0.1) is 17.8 Å². The van der Waals surface area contributed by atoms with Gasteiger partial charge in [-0.25, -0.2) is 4.39 Å². The third-order valence-corrected chi connectivity index (χ3v) is 4.33. The number of benzene rings is 2. The normalized spacial score (nSPS) is 20.7. The monoisotopic (exact) mass is 305 g/mol. The van der Waals surface area contributed by atoms with Gasteiger partial charge in [0.25, 0.3) is 0 Å². The first-order valence-electron chi connectivity index (χ1n) is 7.01. The molecule has 2 nitrogen and oxygen atoms in total. The van der Waals surface area contributed by atoms with E-state index in [4.69, 9.17) is 16.3 Å². The molecule has 1 aliphatic rings. The van der Waals surface area contributed by atoms with Crippen LogP contribution in [0.25, 0.3) is 0 Å². The Balaban J connectivity index is 1.57. The zero-order chi connectivity index (χ0) is 14.8. The molecule has 0 aromatic heterocycles. The summed E-state index contributed by atoms with van der Waals surface area (Å²) in [5, 5.41) is 3.81. The van der Waals surface area contributed by atoms with Crippen molar-refractivity contribution < 1.29 is 9.13 Å². The lowest BCUT2D eigenvalue weighted by atomic mass is 9.76. The van der Waals surface area contributed by atoms with Gasteiger partial charge in [-0.2, -0.15) is 0 Å². The Labute approximate surface area is 128 Å². The first-order valence-corrected chi connectivity index (χ1v) is 7.39. The van der Waals surface area contributed by atoms with Gasteiger partial charge in [0.15, 0.2) is 0 Å². The van der Waals surface area contributed by atoms with Crippen LogP contribution in [0, 0.1) is 5.82 Å². The smallest absolute Gasteiger partial charge is 0.124 e. The lowest BCUT2D eigenvalue weighted by Gasteiger charge is -2.37. The average molecular weight is 306 g/mol. The lowest BCUT2D eigenvalue weighted by molar-refractivity contribution is 0.373. The van der Waals surface area contributed by atoms with Gasteiger partial charge in [-0.1, -0.05) is 23.7 Å². The van der Waals surface area contributed by atoms with Gasteiger partial charge < -0.3 is 10.1 Å². The van der Waals surface area contributed by atoms with Crippen LogP contribution in [0.4, 0.5) is 10.1 Å². The average Bonchev–Trinajstić information content (AvgIpc) is 2.44. The van der Waals surface area contributed by atoms with Crippen LogP contribution in [-0.4, -0.2) is 13.2 Å². The zero-order valence-corrected chi connectivity index (χ0v) is 12.5. The van der Waals surface area contributed by atoms with Crippen molar-refractivity contribution in [2.75, 3.05) is 12.4 Å². The van der Waals surface area contributed by atoms with Gasteiger partial charge in [-0.3, -0.25) is 0 Å². The first kappa shape index (κ1) is 14.2. The highest BCUT2D eigenvalue weighted by Crippen LogP contribution is 2.39. The van der Waals surface area contributed by atoms with Crippen LogP contribution in [0.3, 0.4) is 0 Å². The van der Waals surface area contributed by atoms with Crippen molar-refractivity contribution in [3.8, 4) is 5.75 Å². The topological polar surface area (TPSA) is 21.3 Å². The molecule has 110 valence electrons. The Kier molecular flexibility index (Phi) is 4.02. The second-order valence-corrected chi connectivity index (χ2v) is 5.81. The van der Waals surface area contributed by atoms with E-state index in [1.807, 2.05) is 12.1 Å². The maximum atomic E-state index is 13.0. The van der Waals surface area contributed by atoms with Crippen LogP contribution >= 0.6 is 11.6 Å². The van der Waals surface area contributed by atoms with E-state index >= 15 is 0 Å². The van der Waals surface area contributed by atoms with Gasteiger partial charge in [0.2, 0.25) is 0 Å². The highest BCUT2D eigenvalue weighted by molar-refractivity contribution is 6.33. The lowest BCUT2D eigenvalue weighted by Crippen LogP contribution is -2.34. The van der Waals surface area contributed by atoms with E-state index in [1.54, 1.807) is 13.2 Å². The summed E-state index contributed by atoms with van der Waals surface area (Å²) >= 11 is 6.03. The van der Waals surface area contributed by atoms with Gasteiger partial charge in [0.1, 0.15) is 11.6 Å². The van der Waals surface area contributed by atoms with Crippen molar-refractivity contribution in [2.24, 2.45) is 0 Å². The van der Waals surface area contributed by atoms with E-state index in [0.29, 0.717) is 17.0 Å². The standard InChI is InChI=1S/C17H17ClFNO/c1-21-15-5-2-11(3-6-15)12-8-14(9-12)20-17-7-4-13(19)10-16(17)18/h2-7,10,12,14,20H,8-9H2,1H3. The molecule has 1 N–H and O–H groups in total. The summed E-state index contributed by atoms with van der Waals surface area (Å²) in [6, 6.07) is 13.1. The molecule has 0 spiro atoms. The highest BCUT2D eigenvalue weighted by atomic mass is 35.5. The number of rotatable bonds is 4. The molecule has 2 aromatic rings. The number of ether oxygens (including phenoxy) is 1. The predicted molar refractivity (Wildman–Crippen MR) is 83.8 cm³/mol. The molecule has 0 radical (unpaired) electrons.